The molecule has 0 aliphatic heterocycles. The Kier molecular flexibility index (Phi) is 4.18. The highest BCUT2D eigenvalue weighted by Gasteiger charge is 2.03. The molecule has 0 aliphatic carbocycles. The summed E-state index contributed by atoms with van der Waals surface area (Å²) >= 11 is 5.87. The minimum Gasteiger partial charge on any atom is -0.370 e. The third-order valence-corrected chi connectivity index (χ3v) is 3.04. The summed E-state index contributed by atoms with van der Waals surface area (Å²) in [6, 6.07) is 11.9. The Labute approximate surface area is 112 Å². The van der Waals surface area contributed by atoms with Crippen LogP contribution < -0.4 is 10.6 Å². The lowest BCUT2D eigenvalue weighted by Crippen LogP contribution is -2.17. The summed E-state index contributed by atoms with van der Waals surface area (Å²) < 4.78 is 0. The van der Waals surface area contributed by atoms with Crippen LogP contribution in [-0.2, 0) is 13.1 Å². The molecule has 2 aromatic rings. The van der Waals surface area contributed by atoms with Gasteiger partial charge in [0.05, 0.1) is 5.69 Å². The van der Waals surface area contributed by atoms with E-state index in [1.54, 1.807) is 6.20 Å². The molecule has 0 atom stereocenters. The van der Waals surface area contributed by atoms with E-state index in [9.17, 15) is 0 Å². The second-order valence-electron chi connectivity index (χ2n) is 4.19. The predicted molar refractivity (Wildman–Crippen MR) is 75.7 cm³/mol. The largest absolute Gasteiger partial charge is 0.370 e. The number of hydrogen-bond donors (Lipinski definition) is 1. The number of aromatic nitrogens is 1. The summed E-state index contributed by atoms with van der Waals surface area (Å²) in [6.07, 6.45) is 1.79. The van der Waals surface area contributed by atoms with Gasteiger partial charge in [0.25, 0.3) is 0 Å². The second kappa shape index (κ2) is 5.85. The maximum Gasteiger partial charge on any atom is 0.0560 e. The van der Waals surface area contributed by atoms with E-state index in [0.717, 1.165) is 22.9 Å². The molecule has 94 valence electrons. The summed E-state index contributed by atoms with van der Waals surface area (Å²) in [6.45, 7) is 1.29. The third-order valence-electron chi connectivity index (χ3n) is 2.78. The van der Waals surface area contributed by atoms with E-state index in [1.807, 2.05) is 43.4 Å². The number of nitrogens with zero attached hydrogens (tertiary/aromatic N) is 2. The van der Waals surface area contributed by atoms with E-state index < -0.39 is 0 Å². The maximum atomic E-state index is 5.87. The van der Waals surface area contributed by atoms with E-state index in [-0.39, 0.29) is 0 Å². The zero-order valence-corrected chi connectivity index (χ0v) is 11.1. The van der Waals surface area contributed by atoms with Gasteiger partial charge in [0.2, 0.25) is 0 Å². The van der Waals surface area contributed by atoms with Gasteiger partial charge in [-0.25, -0.2) is 0 Å². The molecule has 1 aromatic heterocycles. The molecular formula is C14H16ClN3. The Morgan fingerprint density at radius 2 is 1.94 bits per heavy atom. The second-order valence-corrected chi connectivity index (χ2v) is 4.63. The van der Waals surface area contributed by atoms with E-state index in [1.165, 1.54) is 5.56 Å². The van der Waals surface area contributed by atoms with E-state index in [2.05, 4.69) is 9.88 Å². The van der Waals surface area contributed by atoms with Crippen LogP contribution in [0.3, 0.4) is 0 Å². The third kappa shape index (κ3) is 3.22. The molecule has 1 aromatic carbocycles. The molecule has 0 aliphatic rings. The zero-order valence-electron chi connectivity index (χ0n) is 10.3. The molecule has 18 heavy (non-hydrogen) atoms. The number of nitrogens with two attached hydrogens (primary N) is 1. The van der Waals surface area contributed by atoms with Crippen molar-refractivity contribution in [3.05, 3.63) is 58.9 Å². The van der Waals surface area contributed by atoms with Crippen molar-refractivity contribution in [3.8, 4) is 0 Å². The van der Waals surface area contributed by atoms with Crippen LogP contribution in [0.15, 0.2) is 42.6 Å². The molecule has 2 rings (SSSR count). The van der Waals surface area contributed by atoms with Crippen LogP contribution in [0.25, 0.3) is 0 Å². The molecule has 0 radical (unpaired) electrons. The SMILES string of the molecule is CN(Cc1ccc(Cl)cc1)c1ccnc(CN)c1. The van der Waals surface area contributed by atoms with Crippen LogP contribution in [0, 0.1) is 0 Å². The highest BCUT2D eigenvalue weighted by Crippen LogP contribution is 2.17. The lowest BCUT2D eigenvalue weighted by molar-refractivity contribution is 0.909. The number of anilines is 1. The number of benzene rings is 1. The molecule has 0 saturated heterocycles. The minimum atomic E-state index is 0.461. The quantitative estimate of drug-likeness (QED) is 0.920. The summed E-state index contributed by atoms with van der Waals surface area (Å²) in [4.78, 5) is 6.35. The molecule has 0 saturated carbocycles. The van der Waals surface area contributed by atoms with E-state index >= 15 is 0 Å². The fourth-order valence-corrected chi connectivity index (χ4v) is 1.90. The first-order valence-corrected chi connectivity index (χ1v) is 6.17. The van der Waals surface area contributed by atoms with Gasteiger partial charge in [-0.1, -0.05) is 23.7 Å². The van der Waals surface area contributed by atoms with Crippen molar-refractivity contribution in [1.29, 1.82) is 0 Å². The van der Waals surface area contributed by atoms with Gasteiger partial charge in [-0.15, -0.1) is 0 Å². The fourth-order valence-electron chi connectivity index (χ4n) is 1.77. The molecule has 4 heteroatoms. The van der Waals surface area contributed by atoms with Crippen LogP contribution in [0.2, 0.25) is 5.02 Å². The molecule has 1 heterocycles. The number of halogens is 1. The summed E-state index contributed by atoms with van der Waals surface area (Å²) in [5, 5.41) is 0.760. The first-order valence-electron chi connectivity index (χ1n) is 5.79. The van der Waals surface area contributed by atoms with Crippen molar-refractivity contribution in [3.63, 3.8) is 0 Å². The molecule has 2 N–H and O–H groups in total. The van der Waals surface area contributed by atoms with Gasteiger partial charge in [-0.2, -0.15) is 0 Å². The Balaban J connectivity index is 2.11. The van der Waals surface area contributed by atoms with Crippen molar-refractivity contribution in [2.75, 3.05) is 11.9 Å². The van der Waals surface area contributed by atoms with Gasteiger partial charge >= 0.3 is 0 Å². The van der Waals surface area contributed by atoms with Crippen LogP contribution in [0.5, 0.6) is 0 Å². The Hall–Kier alpha value is -1.58. The van der Waals surface area contributed by atoms with Crippen LogP contribution >= 0.6 is 11.6 Å². The molecule has 3 nitrogen and oxygen atoms in total. The van der Waals surface area contributed by atoms with E-state index in [4.69, 9.17) is 17.3 Å². The standard InChI is InChI=1S/C14H16ClN3/c1-18(10-11-2-4-12(15)5-3-11)14-6-7-17-13(8-14)9-16/h2-8H,9-10,16H2,1H3. The first-order chi connectivity index (χ1) is 8.69. The van der Waals surface area contributed by atoms with Crippen LogP contribution in [-0.4, -0.2) is 12.0 Å². The lowest BCUT2D eigenvalue weighted by Gasteiger charge is -2.19. The average molecular weight is 262 g/mol. The molecule has 0 bridgehead atoms. The fraction of sp³-hybridized carbons (Fsp3) is 0.214. The number of pyridine rings is 1. The highest BCUT2D eigenvalue weighted by atomic mass is 35.5. The molecule has 0 unspecified atom stereocenters. The van der Waals surface area contributed by atoms with Gasteiger partial charge in [0.1, 0.15) is 0 Å². The number of hydrogen-bond acceptors (Lipinski definition) is 3. The highest BCUT2D eigenvalue weighted by molar-refractivity contribution is 6.30. The normalized spacial score (nSPS) is 10.4. The molecule has 0 fully saturated rings. The Bertz CT molecular complexity index is 511. The van der Waals surface area contributed by atoms with E-state index in [0.29, 0.717) is 6.54 Å². The van der Waals surface area contributed by atoms with Crippen LogP contribution in [0.1, 0.15) is 11.3 Å². The Morgan fingerprint density at radius 3 is 2.61 bits per heavy atom. The summed E-state index contributed by atoms with van der Waals surface area (Å²) in [7, 11) is 2.05. The first kappa shape index (κ1) is 12.9. The Morgan fingerprint density at radius 1 is 1.22 bits per heavy atom. The van der Waals surface area contributed by atoms with Crippen LogP contribution in [0.4, 0.5) is 5.69 Å². The molecular weight excluding hydrogens is 246 g/mol. The monoisotopic (exact) mass is 261 g/mol. The van der Waals surface area contributed by atoms with Crippen molar-refractivity contribution in [1.82, 2.24) is 4.98 Å². The zero-order chi connectivity index (χ0) is 13.0. The van der Waals surface area contributed by atoms with Gasteiger partial charge < -0.3 is 10.6 Å². The van der Waals surface area contributed by atoms with Crippen molar-refractivity contribution in [2.45, 2.75) is 13.1 Å². The average Bonchev–Trinajstić information content (AvgIpc) is 2.41. The predicted octanol–water partition coefficient (Wildman–Crippen LogP) is 2.83. The number of rotatable bonds is 4. The van der Waals surface area contributed by atoms with Gasteiger partial charge in [0.15, 0.2) is 0 Å². The van der Waals surface area contributed by atoms with Crippen molar-refractivity contribution in [2.24, 2.45) is 5.73 Å². The topological polar surface area (TPSA) is 42.2 Å². The molecule has 0 amide bonds. The maximum absolute atomic E-state index is 5.87. The molecule has 0 spiro atoms. The van der Waals surface area contributed by atoms with Gasteiger partial charge in [0, 0.05) is 37.0 Å². The van der Waals surface area contributed by atoms with Crippen molar-refractivity contribution >= 4 is 17.3 Å². The summed E-state index contributed by atoms with van der Waals surface area (Å²) in [5.41, 5.74) is 8.82. The van der Waals surface area contributed by atoms with Gasteiger partial charge in [-0.3, -0.25) is 4.98 Å². The minimum absolute atomic E-state index is 0.461. The van der Waals surface area contributed by atoms with Crippen molar-refractivity contribution < 1.29 is 0 Å². The smallest absolute Gasteiger partial charge is 0.0560 e. The lowest BCUT2D eigenvalue weighted by atomic mass is 10.2. The summed E-state index contributed by atoms with van der Waals surface area (Å²) in [5.74, 6) is 0. The van der Waals surface area contributed by atoms with Gasteiger partial charge in [-0.05, 0) is 29.8 Å².